The number of phenols is 2. The van der Waals surface area contributed by atoms with Crippen LogP contribution in [0.15, 0.2) is 18.2 Å². The summed E-state index contributed by atoms with van der Waals surface area (Å²) >= 11 is 0. The number of benzene rings is 1. The number of rotatable bonds is 4. The van der Waals surface area contributed by atoms with Crippen molar-refractivity contribution in [1.29, 1.82) is 0 Å². The fourth-order valence-corrected chi connectivity index (χ4v) is 1.65. The van der Waals surface area contributed by atoms with Gasteiger partial charge in [-0.05, 0) is 24.5 Å². The van der Waals surface area contributed by atoms with Crippen LogP contribution in [0.25, 0.3) is 0 Å². The van der Waals surface area contributed by atoms with Crippen LogP contribution in [0.2, 0.25) is 0 Å². The van der Waals surface area contributed by atoms with E-state index in [1.54, 1.807) is 0 Å². The monoisotopic (exact) mass is 221 g/mol. The first kappa shape index (κ1) is 10.8. The third-order valence-corrected chi connectivity index (χ3v) is 2.78. The van der Waals surface area contributed by atoms with Crippen LogP contribution in [0.5, 0.6) is 11.5 Å². The number of carbonyl (C=O) groups is 1. The molecule has 1 aliphatic rings. The Kier molecular flexibility index (Phi) is 2.99. The molecule has 16 heavy (non-hydrogen) atoms. The molecule has 0 atom stereocenters. The van der Waals surface area contributed by atoms with Gasteiger partial charge in [-0.1, -0.05) is 18.9 Å². The summed E-state index contributed by atoms with van der Waals surface area (Å²) in [5.74, 6) is -0.0534. The van der Waals surface area contributed by atoms with Gasteiger partial charge in [0, 0.05) is 6.54 Å². The van der Waals surface area contributed by atoms with Crippen molar-refractivity contribution in [1.82, 2.24) is 5.32 Å². The third-order valence-electron chi connectivity index (χ3n) is 2.78. The number of hydrogen-bond acceptors (Lipinski definition) is 3. The van der Waals surface area contributed by atoms with Crippen molar-refractivity contribution in [2.45, 2.75) is 19.3 Å². The lowest BCUT2D eigenvalue weighted by molar-refractivity contribution is 0.0947. The van der Waals surface area contributed by atoms with Crippen LogP contribution in [-0.2, 0) is 0 Å². The van der Waals surface area contributed by atoms with E-state index in [2.05, 4.69) is 5.32 Å². The van der Waals surface area contributed by atoms with Crippen molar-refractivity contribution in [3.8, 4) is 11.5 Å². The quantitative estimate of drug-likeness (QED) is 0.723. The standard InChI is InChI=1S/C12H15NO3/c14-9-2-1-3-10(15)11(9)12(16)13-7-6-8-4-5-8/h1-3,8,14-15H,4-7H2,(H,13,16). The molecule has 4 nitrogen and oxygen atoms in total. The van der Waals surface area contributed by atoms with E-state index in [0.717, 1.165) is 12.3 Å². The molecule has 1 aromatic carbocycles. The van der Waals surface area contributed by atoms with Crippen LogP contribution in [0, 0.1) is 5.92 Å². The molecular weight excluding hydrogens is 206 g/mol. The van der Waals surface area contributed by atoms with Gasteiger partial charge in [-0.25, -0.2) is 0 Å². The third kappa shape index (κ3) is 2.45. The summed E-state index contributed by atoms with van der Waals surface area (Å²) in [6, 6.07) is 4.26. The van der Waals surface area contributed by atoms with Crippen molar-refractivity contribution in [3.05, 3.63) is 23.8 Å². The molecule has 1 saturated carbocycles. The molecule has 0 aliphatic heterocycles. The van der Waals surface area contributed by atoms with Crippen molar-refractivity contribution in [2.24, 2.45) is 5.92 Å². The van der Waals surface area contributed by atoms with Crippen molar-refractivity contribution < 1.29 is 15.0 Å². The summed E-state index contributed by atoms with van der Waals surface area (Å²) in [6.45, 7) is 0.595. The van der Waals surface area contributed by atoms with Crippen LogP contribution >= 0.6 is 0 Å². The maximum absolute atomic E-state index is 11.7. The number of nitrogens with one attached hydrogen (secondary N) is 1. The Morgan fingerprint density at radius 2 is 1.94 bits per heavy atom. The molecule has 0 heterocycles. The Labute approximate surface area is 93.9 Å². The largest absolute Gasteiger partial charge is 0.507 e. The van der Waals surface area contributed by atoms with Crippen LogP contribution in [0.1, 0.15) is 29.6 Å². The highest BCUT2D eigenvalue weighted by atomic mass is 16.3. The zero-order chi connectivity index (χ0) is 11.5. The number of carbonyl (C=O) groups excluding carboxylic acids is 1. The average Bonchev–Trinajstić information content (AvgIpc) is 3.01. The van der Waals surface area contributed by atoms with E-state index in [4.69, 9.17) is 0 Å². The summed E-state index contributed by atoms with van der Waals surface area (Å²) in [4.78, 5) is 11.7. The molecule has 0 aromatic heterocycles. The van der Waals surface area contributed by atoms with E-state index < -0.39 is 5.91 Å². The van der Waals surface area contributed by atoms with E-state index in [-0.39, 0.29) is 17.1 Å². The molecule has 1 aromatic rings. The zero-order valence-corrected chi connectivity index (χ0v) is 8.94. The molecule has 4 heteroatoms. The van der Waals surface area contributed by atoms with Gasteiger partial charge < -0.3 is 15.5 Å². The minimum Gasteiger partial charge on any atom is -0.507 e. The normalized spacial score (nSPS) is 14.8. The first-order chi connectivity index (χ1) is 7.68. The van der Waals surface area contributed by atoms with Gasteiger partial charge in [0.05, 0.1) is 0 Å². The van der Waals surface area contributed by atoms with Gasteiger partial charge in [-0.15, -0.1) is 0 Å². The van der Waals surface area contributed by atoms with Crippen molar-refractivity contribution >= 4 is 5.91 Å². The van der Waals surface area contributed by atoms with Gasteiger partial charge in [0.1, 0.15) is 17.1 Å². The molecule has 0 unspecified atom stereocenters. The molecule has 1 amide bonds. The predicted octanol–water partition coefficient (Wildman–Crippen LogP) is 1.63. The zero-order valence-electron chi connectivity index (χ0n) is 8.94. The smallest absolute Gasteiger partial charge is 0.258 e. The SMILES string of the molecule is O=C(NCCC1CC1)c1c(O)cccc1O. The van der Waals surface area contributed by atoms with Crippen LogP contribution in [0.4, 0.5) is 0 Å². The fraction of sp³-hybridized carbons (Fsp3) is 0.417. The topological polar surface area (TPSA) is 69.6 Å². The van der Waals surface area contributed by atoms with Crippen molar-refractivity contribution in [2.75, 3.05) is 6.54 Å². The number of hydrogen-bond donors (Lipinski definition) is 3. The highest BCUT2D eigenvalue weighted by molar-refractivity contribution is 5.99. The molecular formula is C12H15NO3. The van der Waals surface area contributed by atoms with Gasteiger partial charge in [0.15, 0.2) is 0 Å². The molecule has 0 bridgehead atoms. The Balaban J connectivity index is 1.96. The Hall–Kier alpha value is -1.71. The summed E-state index contributed by atoms with van der Waals surface area (Å²) < 4.78 is 0. The Bertz CT molecular complexity index is 379. The maximum atomic E-state index is 11.7. The highest BCUT2D eigenvalue weighted by Gasteiger charge is 2.21. The van der Waals surface area contributed by atoms with Crippen LogP contribution in [-0.4, -0.2) is 22.7 Å². The van der Waals surface area contributed by atoms with Crippen LogP contribution in [0.3, 0.4) is 0 Å². The van der Waals surface area contributed by atoms with Gasteiger partial charge in [-0.2, -0.15) is 0 Å². The Morgan fingerprint density at radius 1 is 1.31 bits per heavy atom. The lowest BCUT2D eigenvalue weighted by atomic mass is 10.1. The second-order valence-electron chi connectivity index (χ2n) is 4.16. The molecule has 1 fully saturated rings. The molecule has 0 spiro atoms. The molecule has 2 rings (SSSR count). The second-order valence-corrected chi connectivity index (χ2v) is 4.16. The van der Waals surface area contributed by atoms with E-state index in [1.165, 1.54) is 31.0 Å². The molecule has 0 radical (unpaired) electrons. The predicted molar refractivity (Wildman–Crippen MR) is 59.4 cm³/mol. The van der Waals surface area contributed by atoms with E-state index in [0.29, 0.717) is 6.54 Å². The van der Waals surface area contributed by atoms with Gasteiger partial charge in [0.2, 0.25) is 0 Å². The summed E-state index contributed by atoms with van der Waals surface area (Å²) in [5, 5.41) is 21.6. The lowest BCUT2D eigenvalue weighted by Gasteiger charge is -2.07. The highest BCUT2D eigenvalue weighted by Crippen LogP contribution is 2.32. The maximum Gasteiger partial charge on any atom is 0.258 e. The first-order valence-electron chi connectivity index (χ1n) is 5.47. The van der Waals surface area contributed by atoms with E-state index >= 15 is 0 Å². The first-order valence-corrected chi connectivity index (χ1v) is 5.47. The molecule has 86 valence electrons. The minimum atomic E-state index is -0.420. The molecule has 1 aliphatic carbocycles. The van der Waals surface area contributed by atoms with Gasteiger partial charge in [-0.3, -0.25) is 4.79 Å². The number of amides is 1. The minimum absolute atomic E-state index is 0.0432. The lowest BCUT2D eigenvalue weighted by Crippen LogP contribution is -2.24. The summed E-state index contributed by atoms with van der Waals surface area (Å²) in [5.41, 5.74) is -0.0432. The Morgan fingerprint density at radius 3 is 2.50 bits per heavy atom. The average molecular weight is 221 g/mol. The van der Waals surface area contributed by atoms with Crippen molar-refractivity contribution in [3.63, 3.8) is 0 Å². The second kappa shape index (κ2) is 4.43. The van der Waals surface area contributed by atoms with Crippen LogP contribution < -0.4 is 5.32 Å². The fourth-order valence-electron chi connectivity index (χ4n) is 1.65. The van der Waals surface area contributed by atoms with E-state index in [1.807, 2.05) is 0 Å². The van der Waals surface area contributed by atoms with E-state index in [9.17, 15) is 15.0 Å². The number of phenolic OH excluding ortho intramolecular Hbond substituents is 2. The number of aromatic hydroxyl groups is 2. The molecule has 3 N–H and O–H groups in total. The van der Waals surface area contributed by atoms with Gasteiger partial charge in [0.25, 0.3) is 5.91 Å². The molecule has 0 saturated heterocycles. The van der Waals surface area contributed by atoms with Gasteiger partial charge >= 0.3 is 0 Å². The summed E-state index contributed by atoms with van der Waals surface area (Å²) in [7, 11) is 0. The summed E-state index contributed by atoms with van der Waals surface area (Å²) in [6.07, 6.45) is 3.47.